The standard InChI is InChI=1S/C18H19N3O4S2/c1-4-20-17(22)15-11(2)12(3)27-16(15)19-18(20)26-10-9-25-14-8-6-5-7-13(14)21(23)24/h5-8H,4,9-10H2,1-3H3. The summed E-state index contributed by atoms with van der Waals surface area (Å²) in [5.41, 5.74) is 0.912. The van der Waals surface area contributed by atoms with Crippen LogP contribution in [0.1, 0.15) is 17.4 Å². The van der Waals surface area contributed by atoms with Gasteiger partial charge in [-0.2, -0.15) is 0 Å². The normalized spacial score (nSPS) is 11.1. The smallest absolute Gasteiger partial charge is 0.310 e. The van der Waals surface area contributed by atoms with Crippen molar-refractivity contribution in [3.05, 3.63) is 55.2 Å². The molecule has 0 saturated heterocycles. The minimum atomic E-state index is -0.464. The van der Waals surface area contributed by atoms with Crippen molar-refractivity contribution >= 4 is 39.0 Å². The predicted octanol–water partition coefficient (Wildman–Crippen LogP) is 4.17. The number of thiophene rings is 1. The molecule has 2 aromatic heterocycles. The molecule has 7 nitrogen and oxygen atoms in total. The van der Waals surface area contributed by atoms with Crippen LogP contribution in [0.3, 0.4) is 0 Å². The number of benzene rings is 1. The van der Waals surface area contributed by atoms with E-state index >= 15 is 0 Å². The monoisotopic (exact) mass is 405 g/mol. The maximum Gasteiger partial charge on any atom is 0.310 e. The summed E-state index contributed by atoms with van der Waals surface area (Å²) in [5.74, 6) is 0.761. The fraction of sp³-hybridized carbons (Fsp3) is 0.333. The molecular weight excluding hydrogens is 386 g/mol. The van der Waals surface area contributed by atoms with Crippen LogP contribution in [0, 0.1) is 24.0 Å². The van der Waals surface area contributed by atoms with Gasteiger partial charge in [-0.3, -0.25) is 19.5 Å². The second-order valence-corrected chi connectivity index (χ2v) is 8.09. The van der Waals surface area contributed by atoms with Crippen LogP contribution in [0.5, 0.6) is 5.75 Å². The van der Waals surface area contributed by atoms with Crippen molar-refractivity contribution in [2.45, 2.75) is 32.5 Å². The Labute approximate surface area is 164 Å². The van der Waals surface area contributed by atoms with Crippen LogP contribution >= 0.6 is 23.1 Å². The van der Waals surface area contributed by atoms with Crippen LogP contribution in [0.4, 0.5) is 5.69 Å². The highest BCUT2D eigenvalue weighted by atomic mass is 32.2. The molecule has 27 heavy (non-hydrogen) atoms. The summed E-state index contributed by atoms with van der Waals surface area (Å²) in [7, 11) is 0. The fourth-order valence-corrected chi connectivity index (χ4v) is 4.66. The van der Waals surface area contributed by atoms with Gasteiger partial charge in [-0.15, -0.1) is 11.3 Å². The summed E-state index contributed by atoms with van der Waals surface area (Å²) in [5, 5.41) is 12.4. The third-order valence-electron chi connectivity index (χ3n) is 4.20. The van der Waals surface area contributed by atoms with Crippen LogP contribution in [0.2, 0.25) is 0 Å². The summed E-state index contributed by atoms with van der Waals surface area (Å²) in [6.45, 7) is 6.66. The number of nitro groups is 1. The van der Waals surface area contributed by atoms with Crippen molar-refractivity contribution in [3.8, 4) is 5.75 Å². The van der Waals surface area contributed by atoms with Gasteiger partial charge in [-0.05, 0) is 32.4 Å². The highest BCUT2D eigenvalue weighted by Gasteiger charge is 2.17. The summed E-state index contributed by atoms with van der Waals surface area (Å²) >= 11 is 2.94. The molecule has 142 valence electrons. The molecule has 0 unspecified atom stereocenters. The molecule has 3 aromatic rings. The Hall–Kier alpha value is -2.39. The van der Waals surface area contributed by atoms with Gasteiger partial charge in [0.05, 0.1) is 16.9 Å². The molecule has 0 fully saturated rings. The highest BCUT2D eigenvalue weighted by molar-refractivity contribution is 7.99. The zero-order valence-electron chi connectivity index (χ0n) is 15.2. The van der Waals surface area contributed by atoms with E-state index in [1.165, 1.54) is 29.2 Å². The molecule has 0 aliphatic rings. The maximum atomic E-state index is 12.8. The lowest BCUT2D eigenvalue weighted by Crippen LogP contribution is -2.22. The second kappa shape index (κ2) is 8.10. The van der Waals surface area contributed by atoms with Gasteiger partial charge in [0.15, 0.2) is 10.9 Å². The van der Waals surface area contributed by atoms with Gasteiger partial charge in [0, 0.05) is 23.2 Å². The Morgan fingerprint density at radius 2 is 2.07 bits per heavy atom. The van der Waals surface area contributed by atoms with Crippen LogP contribution < -0.4 is 10.3 Å². The lowest BCUT2D eigenvalue weighted by Gasteiger charge is -2.10. The zero-order chi connectivity index (χ0) is 19.6. The Bertz CT molecular complexity index is 1060. The lowest BCUT2D eigenvalue weighted by molar-refractivity contribution is -0.385. The number of aromatic nitrogens is 2. The minimum absolute atomic E-state index is 0.0218. The van der Waals surface area contributed by atoms with Crippen molar-refractivity contribution in [3.63, 3.8) is 0 Å². The van der Waals surface area contributed by atoms with Gasteiger partial charge in [-0.25, -0.2) is 4.98 Å². The highest BCUT2D eigenvalue weighted by Crippen LogP contribution is 2.29. The number of aryl methyl sites for hydroxylation is 2. The van der Waals surface area contributed by atoms with E-state index in [1.807, 2.05) is 20.8 Å². The molecule has 3 rings (SSSR count). The molecular formula is C18H19N3O4S2. The van der Waals surface area contributed by atoms with Crippen LogP contribution in [0.25, 0.3) is 10.2 Å². The van der Waals surface area contributed by atoms with Crippen LogP contribution in [-0.2, 0) is 6.54 Å². The van der Waals surface area contributed by atoms with E-state index in [0.29, 0.717) is 22.8 Å². The van der Waals surface area contributed by atoms with Gasteiger partial charge >= 0.3 is 5.69 Å². The van der Waals surface area contributed by atoms with E-state index in [0.717, 1.165) is 15.3 Å². The van der Waals surface area contributed by atoms with Gasteiger partial charge in [0.2, 0.25) is 0 Å². The van der Waals surface area contributed by atoms with Crippen molar-refractivity contribution in [2.24, 2.45) is 0 Å². The number of fused-ring (bicyclic) bond motifs is 1. The third kappa shape index (κ3) is 3.84. The summed E-state index contributed by atoms with van der Waals surface area (Å²) in [6, 6.07) is 6.28. The molecule has 0 atom stereocenters. The predicted molar refractivity (Wildman–Crippen MR) is 108 cm³/mol. The van der Waals surface area contributed by atoms with E-state index < -0.39 is 4.92 Å². The lowest BCUT2D eigenvalue weighted by atomic mass is 10.2. The number of ether oxygens (including phenoxy) is 1. The number of rotatable bonds is 7. The number of para-hydroxylation sites is 2. The molecule has 0 spiro atoms. The van der Waals surface area contributed by atoms with E-state index in [9.17, 15) is 14.9 Å². The van der Waals surface area contributed by atoms with E-state index in [1.54, 1.807) is 22.8 Å². The minimum Gasteiger partial charge on any atom is -0.486 e. The van der Waals surface area contributed by atoms with Crippen molar-refractivity contribution in [1.29, 1.82) is 0 Å². The molecule has 0 amide bonds. The summed E-state index contributed by atoms with van der Waals surface area (Å²) < 4.78 is 7.22. The summed E-state index contributed by atoms with van der Waals surface area (Å²) in [4.78, 5) is 29.9. The van der Waals surface area contributed by atoms with Gasteiger partial charge in [0.25, 0.3) is 5.56 Å². The quantitative estimate of drug-likeness (QED) is 0.193. The van der Waals surface area contributed by atoms with E-state index in [4.69, 9.17) is 4.74 Å². The van der Waals surface area contributed by atoms with Crippen molar-refractivity contribution in [1.82, 2.24) is 9.55 Å². The molecule has 2 heterocycles. The number of nitrogens with zero attached hydrogens (tertiary/aromatic N) is 3. The van der Waals surface area contributed by atoms with Gasteiger partial charge in [-0.1, -0.05) is 23.9 Å². The molecule has 0 N–H and O–H groups in total. The molecule has 0 saturated carbocycles. The Morgan fingerprint density at radius 3 is 2.78 bits per heavy atom. The second-order valence-electron chi connectivity index (χ2n) is 5.83. The topological polar surface area (TPSA) is 87.3 Å². The maximum absolute atomic E-state index is 12.8. The van der Waals surface area contributed by atoms with Gasteiger partial charge < -0.3 is 4.74 Å². The van der Waals surface area contributed by atoms with Crippen molar-refractivity contribution < 1.29 is 9.66 Å². The van der Waals surface area contributed by atoms with Crippen LogP contribution in [0.15, 0.2) is 34.2 Å². The molecule has 0 aliphatic heterocycles. The first kappa shape index (κ1) is 19.4. The Morgan fingerprint density at radius 1 is 1.33 bits per heavy atom. The van der Waals surface area contributed by atoms with E-state index in [2.05, 4.69) is 4.98 Å². The Kier molecular flexibility index (Phi) is 5.81. The average Bonchev–Trinajstić information content (AvgIpc) is 2.93. The molecule has 0 bridgehead atoms. The third-order valence-corrected chi connectivity index (χ3v) is 6.25. The SMILES string of the molecule is CCn1c(SCCOc2ccccc2[N+](=O)[O-])nc2sc(C)c(C)c2c1=O. The molecule has 0 aliphatic carbocycles. The largest absolute Gasteiger partial charge is 0.486 e. The first-order chi connectivity index (χ1) is 12.9. The number of hydrogen-bond donors (Lipinski definition) is 0. The number of hydrogen-bond acceptors (Lipinski definition) is 7. The molecule has 0 radical (unpaired) electrons. The zero-order valence-corrected chi connectivity index (χ0v) is 16.9. The van der Waals surface area contributed by atoms with Gasteiger partial charge in [0.1, 0.15) is 4.83 Å². The molecule has 9 heteroatoms. The molecule has 1 aromatic carbocycles. The van der Waals surface area contributed by atoms with E-state index in [-0.39, 0.29) is 23.6 Å². The Balaban J connectivity index is 1.76. The summed E-state index contributed by atoms with van der Waals surface area (Å²) in [6.07, 6.45) is 0. The average molecular weight is 406 g/mol. The first-order valence-corrected chi connectivity index (χ1v) is 10.2. The van der Waals surface area contributed by atoms with Crippen LogP contribution in [-0.4, -0.2) is 26.8 Å². The number of nitro benzene ring substituents is 1. The first-order valence-electron chi connectivity index (χ1n) is 8.43. The fourth-order valence-electron chi connectivity index (χ4n) is 2.71. The van der Waals surface area contributed by atoms with Crippen molar-refractivity contribution in [2.75, 3.05) is 12.4 Å². The number of thioether (sulfide) groups is 1.